The van der Waals surface area contributed by atoms with Gasteiger partial charge in [0.05, 0.1) is 18.5 Å². The van der Waals surface area contributed by atoms with Gasteiger partial charge >= 0.3 is 0 Å². The number of nitrogens with two attached hydrogens (primary N) is 1. The summed E-state index contributed by atoms with van der Waals surface area (Å²) >= 11 is 1.35. The number of anilines is 1. The molecule has 6 heteroatoms. The summed E-state index contributed by atoms with van der Waals surface area (Å²) in [6, 6.07) is 28.1. The van der Waals surface area contributed by atoms with Crippen molar-refractivity contribution in [2.45, 2.75) is 13.5 Å². The van der Waals surface area contributed by atoms with E-state index >= 15 is 0 Å². The van der Waals surface area contributed by atoms with Crippen molar-refractivity contribution in [1.29, 1.82) is 0 Å². The van der Waals surface area contributed by atoms with Gasteiger partial charge in [-0.1, -0.05) is 60.2 Å². The van der Waals surface area contributed by atoms with Crippen LogP contribution in [0.1, 0.15) is 20.8 Å². The number of methoxy groups -OCH3 is 1. The molecule has 5 aromatic rings. The van der Waals surface area contributed by atoms with Gasteiger partial charge in [-0.3, -0.25) is 4.79 Å². The number of rotatable bonds is 6. The fraction of sp³-hybridized carbons (Fsp3) is 0.133. The highest BCUT2D eigenvalue weighted by molar-refractivity contribution is 7.21. The van der Waals surface area contributed by atoms with Crippen molar-refractivity contribution in [3.8, 4) is 28.1 Å². The molecular weight excluding hydrogens is 466 g/mol. The number of carbonyl (C=O) groups excluding carboxylic acids is 1. The first-order valence-electron chi connectivity index (χ1n) is 11.7. The highest BCUT2D eigenvalue weighted by Crippen LogP contribution is 2.42. The van der Waals surface area contributed by atoms with Crippen molar-refractivity contribution in [2.24, 2.45) is 0 Å². The van der Waals surface area contributed by atoms with Gasteiger partial charge in [0.1, 0.15) is 15.5 Å². The summed E-state index contributed by atoms with van der Waals surface area (Å²) < 4.78 is 5.31. The predicted octanol–water partition coefficient (Wildman–Crippen LogP) is 6.80. The van der Waals surface area contributed by atoms with E-state index in [1.54, 1.807) is 19.1 Å². The molecule has 0 fully saturated rings. The third-order valence-electron chi connectivity index (χ3n) is 6.25. The van der Waals surface area contributed by atoms with Crippen molar-refractivity contribution >= 4 is 33.1 Å². The maximum absolute atomic E-state index is 13.5. The summed E-state index contributed by atoms with van der Waals surface area (Å²) in [5.74, 6) is 0.675. The van der Waals surface area contributed by atoms with Gasteiger partial charge in [-0.15, -0.1) is 11.3 Å². The highest BCUT2D eigenvalue weighted by atomic mass is 32.1. The van der Waals surface area contributed by atoms with Crippen LogP contribution in [0.4, 0.5) is 5.69 Å². The van der Waals surface area contributed by atoms with E-state index in [4.69, 9.17) is 15.5 Å². The van der Waals surface area contributed by atoms with Crippen LogP contribution in [0, 0.1) is 6.92 Å². The quantitative estimate of drug-likeness (QED) is 0.282. The monoisotopic (exact) mass is 493 g/mol. The number of nitrogens with zero attached hydrogens (tertiary/aromatic N) is 2. The first-order chi connectivity index (χ1) is 17.4. The second kappa shape index (κ2) is 9.84. The van der Waals surface area contributed by atoms with Crippen LogP contribution >= 0.6 is 11.3 Å². The van der Waals surface area contributed by atoms with E-state index in [2.05, 4.69) is 37.3 Å². The van der Waals surface area contributed by atoms with Gasteiger partial charge in [-0.25, -0.2) is 4.98 Å². The molecule has 2 heterocycles. The number of amides is 1. The van der Waals surface area contributed by atoms with E-state index in [9.17, 15) is 4.79 Å². The molecule has 3 aromatic carbocycles. The minimum Gasteiger partial charge on any atom is -0.497 e. The van der Waals surface area contributed by atoms with E-state index in [1.807, 2.05) is 54.6 Å². The summed E-state index contributed by atoms with van der Waals surface area (Å²) in [5, 5.41) is 0.817. The largest absolute Gasteiger partial charge is 0.497 e. The van der Waals surface area contributed by atoms with E-state index in [-0.39, 0.29) is 5.91 Å². The number of aryl methyl sites for hydroxylation is 1. The van der Waals surface area contributed by atoms with Crippen molar-refractivity contribution in [3.63, 3.8) is 0 Å². The lowest BCUT2D eigenvalue weighted by Gasteiger charge is -2.16. The fourth-order valence-electron chi connectivity index (χ4n) is 4.25. The number of pyridine rings is 1. The second-order valence-electron chi connectivity index (χ2n) is 8.82. The molecule has 0 atom stereocenters. The van der Waals surface area contributed by atoms with Crippen LogP contribution in [-0.2, 0) is 6.54 Å². The van der Waals surface area contributed by atoms with Crippen LogP contribution in [0.3, 0.4) is 0 Å². The lowest BCUT2D eigenvalue weighted by Crippen LogP contribution is -2.26. The molecule has 36 heavy (non-hydrogen) atoms. The molecule has 5 nitrogen and oxygen atoms in total. The molecule has 0 aliphatic heterocycles. The Hall–Kier alpha value is -4.16. The van der Waals surface area contributed by atoms with Crippen LogP contribution in [-0.4, -0.2) is 29.9 Å². The van der Waals surface area contributed by atoms with Crippen molar-refractivity contribution < 1.29 is 9.53 Å². The molecular formula is C30H27N3O2S. The van der Waals surface area contributed by atoms with E-state index in [0.717, 1.165) is 43.9 Å². The Bertz CT molecular complexity index is 1530. The molecule has 1 amide bonds. The van der Waals surface area contributed by atoms with Gasteiger partial charge in [-0.2, -0.15) is 0 Å². The molecule has 0 spiro atoms. The first-order valence-corrected chi connectivity index (χ1v) is 12.5. The van der Waals surface area contributed by atoms with Gasteiger partial charge in [-0.05, 0) is 53.9 Å². The van der Waals surface area contributed by atoms with Crippen molar-refractivity contribution in [1.82, 2.24) is 9.88 Å². The molecule has 2 N–H and O–H groups in total. The molecule has 0 aliphatic carbocycles. The average molecular weight is 494 g/mol. The maximum atomic E-state index is 13.5. The minimum absolute atomic E-state index is 0.111. The summed E-state index contributed by atoms with van der Waals surface area (Å²) in [6.07, 6.45) is 0. The Labute approximate surface area is 214 Å². The zero-order valence-electron chi connectivity index (χ0n) is 20.5. The topological polar surface area (TPSA) is 68.5 Å². The van der Waals surface area contributed by atoms with Gasteiger partial charge in [0, 0.05) is 24.5 Å². The van der Waals surface area contributed by atoms with Crippen molar-refractivity contribution in [2.75, 3.05) is 19.9 Å². The summed E-state index contributed by atoms with van der Waals surface area (Å²) in [4.78, 5) is 21.4. The average Bonchev–Trinajstić information content (AvgIpc) is 3.25. The summed E-state index contributed by atoms with van der Waals surface area (Å²) in [6.45, 7) is 2.57. The number of aromatic nitrogens is 1. The van der Waals surface area contributed by atoms with E-state index in [1.165, 1.54) is 16.9 Å². The number of thiophene rings is 1. The standard InChI is InChI=1S/C30H27N3O2S/c1-19-9-11-21(12-10-19)24-17-25(22-13-15-23(35-3)16-14-22)32-29-26(24)27(31)28(36-29)30(34)33(2)18-20-7-5-4-6-8-20/h4-17H,18,31H2,1-3H3. The van der Waals surface area contributed by atoms with Crippen LogP contribution < -0.4 is 10.5 Å². The molecule has 0 aliphatic rings. The third-order valence-corrected chi connectivity index (χ3v) is 7.34. The number of ether oxygens (including phenoxy) is 1. The van der Waals surface area contributed by atoms with Crippen LogP contribution in [0.2, 0.25) is 0 Å². The lowest BCUT2D eigenvalue weighted by atomic mass is 9.98. The Morgan fingerprint density at radius 2 is 1.64 bits per heavy atom. The van der Waals surface area contributed by atoms with Gasteiger partial charge < -0.3 is 15.4 Å². The van der Waals surface area contributed by atoms with Crippen LogP contribution in [0.15, 0.2) is 84.9 Å². The number of hydrogen-bond donors (Lipinski definition) is 1. The number of carbonyl (C=O) groups is 1. The maximum Gasteiger partial charge on any atom is 0.266 e. The Balaban J connectivity index is 1.63. The normalized spacial score (nSPS) is 11.0. The van der Waals surface area contributed by atoms with E-state index in [0.29, 0.717) is 17.1 Å². The highest BCUT2D eigenvalue weighted by Gasteiger charge is 2.24. The molecule has 180 valence electrons. The zero-order chi connectivity index (χ0) is 25.2. The Morgan fingerprint density at radius 3 is 2.31 bits per heavy atom. The van der Waals surface area contributed by atoms with Gasteiger partial charge in [0.25, 0.3) is 5.91 Å². The number of benzene rings is 3. The second-order valence-corrected chi connectivity index (χ2v) is 9.82. The Kier molecular flexibility index (Phi) is 6.44. The van der Waals surface area contributed by atoms with Gasteiger partial charge in [0.15, 0.2) is 0 Å². The number of fused-ring (bicyclic) bond motifs is 1. The van der Waals surface area contributed by atoms with Crippen molar-refractivity contribution in [3.05, 3.63) is 101 Å². The molecule has 0 saturated heterocycles. The Morgan fingerprint density at radius 1 is 0.972 bits per heavy atom. The number of nitrogen functional groups attached to an aromatic ring is 1. The molecule has 0 unspecified atom stereocenters. The molecule has 0 radical (unpaired) electrons. The third kappa shape index (κ3) is 4.55. The SMILES string of the molecule is COc1ccc(-c2cc(-c3ccc(C)cc3)c3c(N)c(C(=O)N(C)Cc4ccccc4)sc3n2)cc1. The lowest BCUT2D eigenvalue weighted by molar-refractivity contribution is 0.0791. The molecule has 0 bridgehead atoms. The molecule has 2 aromatic heterocycles. The van der Waals surface area contributed by atoms with Crippen LogP contribution in [0.5, 0.6) is 5.75 Å². The smallest absolute Gasteiger partial charge is 0.266 e. The first kappa shape index (κ1) is 23.6. The molecule has 0 saturated carbocycles. The fourth-order valence-corrected chi connectivity index (χ4v) is 5.37. The summed E-state index contributed by atoms with van der Waals surface area (Å²) in [7, 11) is 3.45. The van der Waals surface area contributed by atoms with E-state index < -0.39 is 0 Å². The summed E-state index contributed by atoms with van der Waals surface area (Å²) in [5.41, 5.74) is 13.2. The molecule has 5 rings (SSSR count). The minimum atomic E-state index is -0.111. The van der Waals surface area contributed by atoms with Crippen LogP contribution in [0.25, 0.3) is 32.6 Å². The van der Waals surface area contributed by atoms with Gasteiger partial charge in [0.2, 0.25) is 0 Å². The predicted molar refractivity (Wildman–Crippen MR) is 148 cm³/mol. The number of hydrogen-bond acceptors (Lipinski definition) is 5. The zero-order valence-corrected chi connectivity index (χ0v) is 21.3.